The molecule has 10 heavy (non-hydrogen) atoms. The SMILES string of the molecule is CNC1CC[Si](C)(C)CC1. The van der Waals surface area contributed by atoms with Gasteiger partial charge in [0.1, 0.15) is 0 Å². The molecule has 0 spiro atoms. The van der Waals surface area contributed by atoms with E-state index in [2.05, 4.69) is 25.5 Å². The molecule has 0 unspecified atom stereocenters. The molecule has 0 bridgehead atoms. The van der Waals surface area contributed by atoms with Gasteiger partial charge in [-0.15, -0.1) is 0 Å². The van der Waals surface area contributed by atoms with E-state index in [0.717, 1.165) is 6.04 Å². The topological polar surface area (TPSA) is 12.0 Å². The third-order valence-electron chi connectivity index (χ3n) is 2.75. The van der Waals surface area contributed by atoms with Crippen LogP contribution < -0.4 is 5.32 Å². The van der Waals surface area contributed by atoms with E-state index in [4.69, 9.17) is 0 Å². The maximum atomic E-state index is 3.36. The largest absolute Gasteiger partial charge is 0.317 e. The molecule has 0 aromatic rings. The fourth-order valence-corrected chi connectivity index (χ4v) is 4.20. The molecule has 0 radical (unpaired) electrons. The molecule has 1 aliphatic heterocycles. The fourth-order valence-electron chi connectivity index (χ4n) is 1.69. The van der Waals surface area contributed by atoms with E-state index >= 15 is 0 Å². The van der Waals surface area contributed by atoms with Crippen LogP contribution in [0.1, 0.15) is 12.8 Å². The van der Waals surface area contributed by atoms with E-state index < -0.39 is 8.07 Å². The average molecular weight is 157 g/mol. The molecule has 60 valence electrons. The number of rotatable bonds is 1. The predicted octanol–water partition coefficient (Wildman–Crippen LogP) is 2.08. The van der Waals surface area contributed by atoms with Gasteiger partial charge in [-0.05, 0) is 19.9 Å². The molecule has 0 aromatic heterocycles. The Hall–Kier alpha value is 0.177. The Morgan fingerprint density at radius 3 is 2.10 bits per heavy atom. The Morgan fingerprint density at radius 2 is 1.70 bits per heavy atom. The van der Waals surface area contributed by atoms with Crippen LogP contribution in [0.15, 0.2) is 0 Å². The predicted molar refractivity (Wildman–Crippen MR) is 49.2 cm³/mol. The summed E-state index contributed by atoms with van der Waals surface area (Å²) in [6.07, 6.45) is 2.85. The van der Waals surface area contributed by atoms with Crippen molar-refractivity contribution in [2.45, 2.75) is 44.1 Å². The monoisotopic (exact) mass is 157 g/mol. The van der Waals surface area contributed by atoms with Gasteiger partial charge in [0.05, 0.1) is 0 Å². The lowest BCUT2D eigenvalue weighted by molar-refractivity contribution is 0.506. The molecule has 0 atom stereocenters. The summed E-state index contributed by atoms with van der Waals surface area (Å²) < 4.78 is 0. The van der Waals surface area contributed by atoms with Gasteiger partial charge in [0.2, 0.25) is 0 Å². The molecular weight excluding hydrogens is 138 g/mol. The van der Waals surface area contributed by atoms with Gasteiger partial charge in [0.25, 0.3) is 0 Å². The summed E-state index contributed by atoms with van der Waals surface area (Å²) in [5.74, 6) is 0. The summed E-state index contributed by atoms with van der Waals surface area (Å²) in [5.41, 5.74) is 0. The lowest BCUT2D eigenvalue weighted by Gasteiger charge is -2.32. The van der Waals surface area contributed by atoms with E-state index in [1.54, 1.807) is 0 Å². The first kappa shape index (κ1) is 8.28. The Balaban J connectivity index is 2.31. The van der Waals surface area contributed by atoms with Crippen molar-refractivity contribution in [3.8, 4) is 0 Å². The maximum absolute atomic E-state index is 3.36. The molecule has 1 heterocycles. The second-order valence-corrected chi connectivity index (χ2v) is 9.56. The van der Waals surface area contributed by atoms with Gasteiger partial charge in [-0.2, -0.15) is 0 Å². The van der Waals surface area contributed by atoms with E-state index in [9.17, 15) is 0 Å². The summed E-state index contributed by atoms with van der Waals surface area (Å²) in [6.45, 7) is 5.03. The zero-order valence-electron chi connectivity index (χ0n) is 7.41. The smallest absolute Gasteiger partial charge is 0.0474 e. The second kappa shape index (κ2) is 3.05. The molecule has 0 amide bonds. The third-order valence-corrected chi connectivity index (χ3v) is 6.03. The molecule has 1 aliphatic rings. The molecule has 1 saturated heterocycles. The maximum Gasteiger partial charge on any atom is 0.0474 e. The summed E-state index contributed by atoms with van der Waals surface area (Å²) in [7, 11) is 1.40. The molecule has 1 fully saturated rings. The molecular formula is C8H19NSi. The highest BCUT2D eigenvalue weighted by Crippen LogP contribution is 2.27. The van der Waals surface area contributed by atoms with E-state index in [1.165, 1.54) is 24.9 Å². The standard InChI is InChI=1S/C8H19NSi/c1-9-8-4-6-10(2,3)7-5-8/h8-9H,4-7H2,1-3H3. The molecule has 0 saturated carbocycles. The number of nitrogens with one attached hydrogen (secondary N) is 1. The molecule has 2 heteroatoms. The van der Waals surface area contributed by atoms with Gasteiger partial charge in [0, 0.05) is 14.1 Å². The zero-order valence-corrected chi connectivity index (χ0v) is 8.41. The van der Waals surface area contributed by atoms with Crippen LogP contribution in [0.5, 0.6) is 0 Å². The Bertz CT molecular complexity index is 102. The van der Waals surface area contributed by atoms with Crippen molar-refractivity contribution in [3.63, 3.8) is 0 Å². The highest BCUT2D eigenvalue weighted by atomic mass is 28.3. The minimum absolute atomic E-state index is 0.689. The average Bonchev–Trinajstić information content (AvgIpc) is 1.88. The normalized spacial score (nSPS) is 26.7. The third kappa shape index (κ3) is 2.10. The fraction of sp³-hybridized carbons (Fsp3) is 1.00. The summed E-state index contributed by atoms with van der Waals surface area (Å²) in [5, 5.41) is 3.36. The molecule has 1 N–H and O–H groups in total. The van der Waals surface area contributed by atoms with Gasteiger partial charge in [-0.25, -0.2) is 0 Å². The van der Waals surface area contributed by atoms with Crippen molar-refractivity contribution in [2.75, 3.05) is 7.05 Å². The van der Waals surface area contributed by atoms with Crippen molar-refractivity contribution in [2.24, 2.45) is 0 Å². The summed E-state index contributed by atoms with van der Waals surface area (Å²) >= 11 is 0. The van der Waals surface area contributed by atoms with E-state index in [0.29, 0.717) is 0 Å². The van der Waals surface area contributed by atoms with Crippen LogP contribution in [0.3, 0.4) is 0 Å². The van der Waals surface area contributed by atoms with Crippen LogP contribution >= 0.6 is 0 Å². The van der Waals surface area contributed by atoms with Crippen LogP contribution in [0.25, 0.3) is 0 Å². The van der Waals surface area contributed by atoms with Gasteiger partial charge >= 0.3 is 0 Å². The van der Waals surface area contributed by atoms with Gasteiger partial charge in [-0.1, -0.05) is 25.2 Å². The van der Waals surface area contributed by atoms with Crippen LogP contribution in [-0.4, -0.2) is 21.2 Å². The zero-order chi connectivity index (χ0) is 7.61. The van der Waals surface area contributed by atoms with Gasteiger partial charge < -0.3 is 5.32 Å². The van der Waals surface area contributed by atoms with E-state index in [-0.39, 0.29) is 0 Å². The first-order valence-electron chi connectivity index (χ1n) is 4.31. The lowest BCUT2D eigenvalue weighted by Crippen LogP contribution is -2.38. The molecule has 1 rings (SSSR count). The van der Waals surface area contributed by atoms with Crippen molar-refractivity contribution in [3.05, 3.63) is 0 Å². The van der Waals surface area contributed by atoms with Crippen molar-refractivity contribution in [1.82, 2.24) is 5.32 Å². The molecule has 0 aliphatic carbocycles. The quantitative estimate of drug-likeness (QED) is 0.575. The summed E-state index contributed by atoms with van der Waals surface area (Å²) in [6, 6.07) is 3.89. The van der Waals surface area contributed by atoms with Gasteiger partial charge in [0.15, 0.2) is 0 Å². The van der Waals surface area contributed by atoms with Crippen LogP contribution in [0, 0.1) is 0 Å². The second-order valence-electron chi connectivity index (χ2n) is 4.23. The first-order valence-corrected chi connectivity index (χ1v) is 7.73. The first-order chi connectivity index (χ1) is 4.64. The van der Waals surface area contributed by atoms with Crippen LogP contribution in [-0.2, 0) is 0 Å². The number of hydrogen-bond acceptors (Lipinski definition) is 1. The Labute approximate surface area is 65.2 Å². The minimum Gasteiger partial charge on any atom is -0.317 e. The van der Waals surface area contributed by atoms with Crippen molar-refractivity contribution in [1.29, 1.82) is 0 Å². The van der Waals surface area contributed by atoms with Gasteiger partial charge in [-0.3, -0.25) is 0 Å². The van der Waals surface area contributed by atoms with E-state index in [1.807, 2.05) is 0 Å². The molecule has 1 nitrogen and oxygen atoms in total. The van der Waals surface area contributed by atoms with Crippen LogP contribution in [0.2, 0.25) is 25.2 Å². The highest BCUT2D eigenvalue weighted by molar-refractivity contribution is 6.77. The Kier molecular flexibility index (Phi) is 2.53. The number of hydrogen-bond donors (Lipinski definition) is 1. The van der Waals surface area contributed by atoms with Crippen molar-refractivity contribution < 1.29 is 0 Å². The Morgan fingerprint density at radius 1 is 1.20 bits per heavy atom. The summed E-state index contributed by atoms with van der Waals surface area (Å²) in [4.78, 5) is 0. The molecule has 0 aromatic carbocycles. The lowest BCUT2D eigenvalue weighted by atomic mass is 10.2. The highest BCUT2D eigenvalue weighted by Gasteiger charge is 2.27. The minimum atomic E-state index is -0.689. The van der Waals surface area contributed by atoms with Crippen LogP contribution in [0.4, 0.5) is 0 Å². The van der Waals surface area contributed by atoms with Crippen molar-refractivity contribution >= 4 is 8.07 Å².